The number of aryl methyl sites for hydroxylation is 1. The predicted octanol–water partition coefficient (Wildman–Crippen LogP) is 5.41. The number of hydrogen-bond donors (Lipinski definition) is 0. The van der Waals surface area contributed by atoms with Crippen LogP contribution in [0.1, 0.15) is 5.56 Å². The van der Waals surface area contributed by atoms with Gasteiger partial charge in [-0.25, -0.2) is 0 Å². The largest absolute Gasteiger partial charge is 2.00 e. The van der Waals surface area contributed by atoms with E-state index >= 15 is 0 Å². The van der Waals surface area contributed by atoms with E-state index in [1.54, 1.807) is 12.3 Å². The molecule has 0 saturated heterocycles. The molecule has 1 nitrogen and oxygen atoms in total. The Morgan fingerprint density at radius 1 is 0.913 bits per heavy atom. The molecule has 4 aromatic rings. The van der Waals surface area contributed by atoms with Gasteiger partial charge in [-0.2, -0.15) is 24.3 Å². The van der Waals surface area contributed by atoms with Crippen LogP contribution in [0.5, 0.6) is 0 Å². The van der Waals surface area contributed by atoms with Crippen LogP contribution in [-0.2, 0) is 26.2 Å². The van der Waals surface area contributed by atoms with Crippen molar-refractivity contribution in [3.63, 3.8) is 0 Å². The van der Waals surface area contributed by atoms with E-state index in [4.69, 9.17) is 0 Å². The fraction of sp³-hybridized carbons (Fsp3) is 0.0476. The summed E-state index contributed by atoms with van der Waals surface area (Å²) >= 11 is 0. The SMILES string of the molecule is Cc1cc2c(-c3ccccc3)cccc2[cH-]1.[Zr+2].[c-]1ccccn1. The predicted molar refractivity (Wildman–Crippen MR) is 92.8 cm³/mol. The summed E-state index contributed by atoms with van der Waals surface area (Å²) in [7, 11) is 0. The molecule has 0 unspecified atom stereocenters. The summed E-state index contributed by atoms with van der Waals surface area (Å²) in [6.07, 6.45) is 4.34. The fourth-order valence-corrected chi connectivity index (χ4v) is 2.53. The summed E-state index contributed by atoms with van der Waals surface area (Å²) in [4.78, 5) is 3.66. The molecule has 0 N–H and O–H groups in total. The summed E-state index contributed by atoms with van der Waals surface area (Å²) in [6, 6.07) is 27.1. The van der Waals surface area contributed by atoms with Gasteiger partial charge in [0.05, 0.1) is 0 Å². The Balaban J connectivity index is 0.000000234. The van der Waals surface area contributed by atoms with Crippen molar-refractivity contribution in [1.82, 2.24) is 4.98 Å². The molecule has 23 heavy (non-hydrogen) atoms. The number of rotatable bonds is 1. The second-order valence-electron chi connectivity index (χ2n) is 5.17. The van der Waals surface area contributed by atoms with Crippen molar-refractivity contribution in [2.45, 2.75) is 6.92 Å². The molecule has 3 aromatic carbocycles. The molecule has 0 atom stereocenters. The zero-order valence-corrected chi connectivity index (χ0v) is 15.5. The minimum atomic E-state index is 0. The first-order valence-corrected chi connectivity index (χ1v) is 7.33. The summed E-state index contributed by atoms with van der Waals surface area (Å²) < 4.78 is 0. The Morgan fingerprint density at radius 2 is 1.74 bits per heavy atom. The topological polar surface area (TPSA) is 12.9 Å². The van der Waals surface area contributed by atoms with Crippen molar-refractivity contribution in [2.24, 2.45) is 0 Å². The first-order valence-electron chi connectivity index (χ1n) is 7.33. The third-order valence-corrected chi connectivity index (χ3v) is 3.50. The molecule has 0 aliphatic heterocycles. The van der Waals surface area contributed by atoms with Gasteiger partial charge in [0, 0.05) is 0 Å². The average Bonchev–Trinajstić information content (AvgIpc) is 2.98. The van der Waals surface area contributed by atoms with Crippen LogP contribution in [0.15, 0.2) is 85.1 Å². The zero-order chi connectivity index (χ0) is 15.2. The zero-order valence-electron chi connectivity index (χ0n) is 13.0. The minimum Gasteiger partial charge on any atom is -0.394 e. The van der Waals surface area contributed by atoms with Crippen molar-refractivity contribution in [3.05, 3.63) is 96.8 Å². The Bertz CT molecular complexity index is 809. The van der Waals surface area contributed by atoms with Crippen molar-refractivity contribution in [3.8, 4) is 11.1 Å². The molecule has 0 aliphatic rings. The van der Waals surface area contributed by atoms with Crippen LogP contribution >= 0.6 is 0 Å². The molecule has 1 heterocycles. The minimum absolute atomic E-state index is 0. The van der Waals surface area contributed by atoms with E-state index < -0.39 is 0 Å². The second kappa shape index (κ2) is 8.65. The molecule has 1 aromatic heterocycles. The molecule has 110 valence electrons. The summed E-state index contributed by atoms with van der Waals surface area (Å²) in [5.41, 5.74) is 3.95. The number of fused-ring (bicyclic) bond motifs is 1. The number of aromatic nitrogens is 1. The Hall–Kier alpha value is -1.92. The van der Waals surface area contributed by atoms with Crippen LogP contribution in [0.4, 0.5) is 0 Å². The first kappa shape index (κ1) is 17.4. The molecule has 0 saturated carbocycles. The Kier molecular flexibility index (Phi) is 6.56. The van der Waals surface area contributed by atoms with Gasteiger partial charge >= 0.3 is 26.2 Å². The number of hydrogen-bond acceptors (Lipinski definition) is 1. The van der Waals surface area contributed by atoms with Crippen LogP contribution < -0.4 is 0 Å². The molecule has 0 fully saturated rings. The van der Waals surface area contributed by atoms with Crippen LogP contribution in [0.25, 0.3) is 21.9 Å². The molecule has 2 heteroatoms. The van der Waals surface area contributed by atoms with Gasteiger partial charge in [0.15, 0.2) is 0 Å². The van der Waals surface area contributed by atoms with Gasteiger partial charge in [-0.05, 0) is 5.56 Å². The monoisotopic (exact) mass is 373 g/mol. The van der Waals surface area contributed by atoms with Gasteiger partial charge in [-0.3, -0.25) is 0 Å². The van der Waals surface area contributed by atoms with E-state index in [1.165, 1.54) is 27.5 Å². The molecule has 0 radical (unpaired) electrons. The molecule has 0 spiro atoms. The molecule has 0 bridgehead atoms. The van der Waals surface area contributed by atoms with Gasteiger partial charge in [0.25, 0.3) is 0 Å². The number of benzene rings is 2. The van der Waals surface area contributed by atoms with E-state index in [0.717, 1.165) is 0 Å². The number of nitrogens with zero attached hydrogens (tertiary/aromatic N) is 1. The van der Waals surface area contributed by atoms with E-state index in [0.29, 0.717) is 0 Å². The Labute approximate surface area is 156 Å². The molecular formula is C21H17NZr. The molecular weight excluding hydrogens is 357 g/mol. The van der Waals surface area contributed by atoms with Crippen LogP contribution in [0.2, 0.25) is 0 Å². The van der Waals surface area contributed by atoms with Crippen molar-refractivity contribution in [2.75, 3.05) is 0 Å². The average molecular weight is 375 g/mol. The maximum atomic E-state index is 3.66. The quantitative estimate of drug-likeness (QED) is 0.406. The normalized spacial score (nSPS) is 9.61. The van der Waals surface area contributed by atoms with Gasteiger partial charge in [0.2, 0.25) is 0 Å². The van der Waals surface area contributed by atoms with Crippen molar-refractivity contribution in [1.29, 1.82) is 0 Å². The van der Waals surface area contributed by atoms with Crippen LogP contribution in [-0.4, -0.2) is 4.98 Å². The van der Waals surface area contributed by atoms with Crippen LogP contribution in [0, 0.1) is 13.1 Å². The van der Waals surface area contributed by atoms with E-state index in [-0.39, 0.29) is 26.2 Å². The maximum Gasteiger partial charge on any atom is 2.00 e. The van der Waals surface area contributed by atoms with E-state index in [2.05, 4.69) is 78.8 Å². The fourth-order valence-electron chi connectivity index (χ4n) is 2.53. The van der Waals surface area contributed by atoms with Gasteiger partial charge in [-0.15, -0.1) is 34.5 Å². The Morgan fingerprint density at radius 3 is 2.35 bits per heavy atom. The van der Waals surface area contributed by atoms with E-state index in [1.807, 2.05) is 12.1 Å². The van der Waals surface area contributed by atoms with Crippen molar-refractivity contribution >= 4 is 10.8 Å². The summed E-state index contributed by atoms with van der Waals surface area (Å²) in [6.45, 7) is 2.15. The third-order valence-electron chi connectivity index (χ3n) is 3.50. The smallest absolute Gasteiger partial charge is 0.394 e. The maximum absolute atomic E-state index is 3.66. The van der Waals surface area contributed by atoms with Gasteiger partial charge in [0.1, 0.15) is 0 Å². The van der Waals surface area contributed by atoms with Crippen molar-refractivity contribution < 1.29 is 26.2 Å². The van der Waals surface area contributed by atoms with Crippen LogP contribution in [0.3, 0.4) is 0 Å². The first-order chi connectivity index (χ1) is 10.8. The van der Waals surface area contributed by atoms with Gasteiger partial charge < -0.3 is 4.98 Å². The molecule has 0 aliphatic carbocycles. The second-order valence-corrected chi connectivity index (χ2v) is 5.17. The molecule has 0 amide bonds. The summed E-state index contributed by atoms with van der Waals surface area (Å²) in [5.74, 6) is 0. The standard InChI is InChI=1S/C16H13.C5H4N.Zr/c1-12-10-14-8-5-9-15(16(14)11-12)13-6-3-2-4-7-13;1-2-4-6-5-3-1;/h2-11H,1H3;1-4H;/q2*-1;+2. The number of pyridine rings is 1. The van der Waals surface area contributed by atoms with E-state index in [9.17, 15) is 0 Å². The third kappa shape index (κ3) is 4.53. The summed E-state index contributed by atoms with van der Waals surface area (Å²) in [5, 5.41) is 2.69. The molecule has 4 rings (SSSR count). The van der Waals surface area contributed by atoms with Gasteiger partial charge in [-0.1, -0.05) is 61.3 Å².